The van der Waals surface area contributed by atoms with E-state index in [9.17, 15) is 14.4 Å². The summed E-state index contributed by atoms with van der Waals surface area (Å²) in [7, 11) is 2.97. The van der Waals surface area contributed by atoms with E-state index >= 15 is 0 Å². The van der Waals surface area contributed by atoms with Crippen LogP contribution in [0.15, 0.2) is 46.4 Å². The Hall–Kier alpha value is -2.96. The zero-order chi connectivity index (χ0) is 18.6. The Bertz CT molecular complexity index is 895. The van der Waals surface area contributed by atoms with Gasteiger partial charge in [-0.2, -0.15) is 0 Å². The summed E-state index contributed by atoms with van der Waals surface area (Å²) in [5, 5.41) is 0. The van der Waals surface area contributed by atoms with E-state index in [1.165, 1.54) is 30.0 Å². The van der Waals surface area contributed by atoms with Crippen LogP contribution < -0.4 is 11.2 Å². The van der Waals surface area contributed by atoms with Gasteiger partial charge in [0.1, 0.15) is 0 Å². The first kappa shape index (κ1) is 18.4. The van der Waals surface area contributed by atoms with Crippen LogP contribution in [0.4, 0.5) is 0 Å². The first-order valence-corrected chi connectivity index (χ1v) is 7.95. The predicted molar refractivity (Wildman–Crippen MR) is 95.9 cm³/mol. The lowest BCUT2D eigenvalue weighted by molar-refractivity contribution is -0.128. The van der Waals surface area contributed by atoms with Gasteiger partial charge >= 0.3 is 5.69 Å². The van der Waals surface area contributed by atoms with Crippen LogP contribution in [0, 0.1) is 0 Å². The third-order valence-electron chi connectivity index (χ3n) is 3.86. The van der Waals surface area contributed by atoms with Gasteiger partial charge in [-0.05, 0) is 31.6 Å². The van der Waals surface area contributed by atoms with Crippen LogP contribution >= 0.6 is 0 Å². The van der Waals surface area contributed by atoms with Crippen molar-refractivity contribution in [1.82, 2.24) is 19.0 Å². The largest absolute Gasteiger partial charge is 0.332 e. The van der Waals surface area contributed by atoms with E-state index in [1.807, 2.05) is 26.0 Å². The Kier molecular flexibility index (Phi) is 5.69. The molecule has 0 radical (unpaired) electrons. The van der Waals surface area contributed by atoms with E-state index in [4.69, 9.17) is 0 Å². The van der Waals surface area contributed by atoms with Crippen LogP contribution in [0.5, 0.6) is 0 Å². The third kappa shape index (κ3) is 4.32. The maximum absolute atomic E-state index is 12.6. The Morgan fingerprint density at radius 3 is 2.64 bits per heavy atom. The van der Waals surface area contributed by atoms with E-state index in [0.717, 1.165) is 10.1 Å². The summed E-state index contributed by atoms with van der Waals surface area (Å²) in [5.74, 6) is -0.213. The fraction of sp³-hybridized carbons (Fsp3) is 0.333. The predicted octanol–water partition coefficient (Wildman–Crippen LogP) is 0.929. The Labute approximate surface area is 145 Å². The molecule has 2 aromatic rings. The van der Waals surface area contributed by atoms with Crippen LogP contribution in [0.3, 0.4) is 0 Å². The maximum atomic E-state index is 12.6. The SMILES string of the molecule is CC(C)N(Cc1cccnc1)C(=O)C=Cc1cn(C)c(=O)n(C)c1=O. The molecule has 1 amide bonds. The minimum absolute atomic E-state index is 0.0136. The van der Waals surface area contributed by atoms with Crippen LogP contribution in [-0.2, 0) is 25.4 Å². The molecule has 7 heteroatoms. The van der Waals surface area contributed by atoms with Gasteiger partial charge in [-0.1, -0.05) is 6.07 Å². The summed E-state index contributed by atoms with van der Waals surface area (Å²) in [6.45, 7) is 4.28. The van der Waals surface area contributed by atoms with Crippen molar-refractivity contribution in [2.24, 2.45) is 14.1 Å². The average Bonchev–Trinajstić information content (AvgIpc) is 2.60. The Morgan fingerprint density at radius 1 is 1.32 bits per heavy atom. The van der Waals surface area contributed by atoms with Crippen molar-refractivity contribution in [3.05, 3.63) is 68.8 Å². The molecule has 0 atom stereocenters. The summed E-state index contributed by atoms with van der Waals surface area (Å²) in [5.41, 5.74) is 0.364. The number of aryl methyl sites for hydroxylation is 1. The highest BCUT2D eigenvalue weighted by atomic mass is 16.2. The van der Waals surface area contributed by atoms with Gasteiger partial charge in [0.15, 0.2) is 0 Å². The minimum Gasteiger partial charge on any atom is -0.332 e. The second kappa shape index (κ2) is 7.74. The number of hydrogen-bond donors (Lipinski definition) is 0. The molecule has 0 bridgehead atoms. The fourth-order valence-corrected chi connectivity index (χ4v) is 2.41. The van der Waals surface area contributed by atoms with E-state index in [0.29, 0.717) is 6.54 Å². The number of carbonyl (C=O) groups excluding carboxylic acids is 1. The second-order valence-corrected chi connectivity index (χ2v) is 6.10. The Morgan fingerprint density at radius 2 is 2.04 bits per heavy atom. The van der Waals surface area contributed by atoms with Gasteiger partial charge in [-0.15, -0.1) is 0 Å². The van der Waals surface area contributed by atoms with Gasteiger partial charge in [0, 0.05) is 51.3 Å². The van der Waals surface area contributed by atoms with Crippen molar-refractivity contribution in [3.63, 3.8) is 0 Å². The second-order valence-electron chi connectivity index (χ2n) is 6.10. The van der Waals surface area contributed by atoms with Crippen molar-refractivity contribution < 1.29 is 4.79 Å². The highest BCUT2D eigenvalue weighted by Gasteiger charge is 2.15. The van der Waals surface area contributed by atoms with E-state index in [1.54, 1.807) is 24.3 Å². The molecule has 0 aliphatic rings. The summed E-state index contributed by atoms with van der Waals surface area (Å²) in [4.78, 5) is 42.1. The van der Waals surface area contributed by atoms with E-state index in [2.05, 4.69) is 4.98 Å². The molecule has 0 unspecified atom stereocenters. The van der Waals surface area contributed by atoms with Gasteiger partial charge < -0.3 is 9.47 Å². The fourth-order valence-electron chi connectivity index (χ4n) is 2.41. The number of aromatic nitrogens is 3. The molecule has 25 heavy (non-hydrogen) atoms. The molecular weight excluding hydrogens is 320 g/mol. The molecule has 0 fully saturated rings. The highest BCUT2D eigenvalue weighted by Crippen LogP contribution is 2.09. The van der Waals surface area contributed by atoms with Crippen LogP contribution in [-0.4, -0.2) is 31.0 Å². The molecule has 0 aromatic carbocycles. The smallest absolute Gasteiger partial charge is 0.330 e. The molecule has 0 aliphatic heterocycles. The topological polar surface area (TPSA) is 77.2 Å². The van der Waals surface area contributed by atoms with E-state index < -0.39 is 11.2 Å². The van der Waals surface area contributed by atoms with Crippen LogP contribution in [0.25, 0.3) is 6.08 Å². The van der Waals surface area contributed by atoms with Crippen LogP contribution in [0.1, 0.15) is 25.0 Å². The molecule has 0 aliphatic carbocycles. The lowest BCUT2D eigenvalue weighted by Crippen LogP contribution is -2.38. The quantitative estimate of drug-likeness (QED) is 0.758. The first-order valence-electron chi connectivity index (χ1n) is 7.95. The summed E-state index contributed by atoms with van der Waals surface area (Å²) >= 11 is 0. The van der Waals surface area contributed by atoms with Gasteiger partial charge in [-0.3, -0.25) is 19.1 Å². The van der Waals surface area contributed by atoms with Crippen molar-refractivity contribution >= 4 is 12.0 Å². The van der Waals surface area contributed by atoms with Gasteiger partial charge in [-0.25, -0.2) is 4.79 Å². The normalized spacial score (nSPS) is 11.2. The standard InChI is InChI=1S/C18H22N4O3/c1-13(2)22(11-14-6-5-9-19-10-14)16(23)8-7-15-12-20(3)18(25)21(4)17(15)24/h5-10,12-13H,11H2,1-4H3. The number of pyridine rings is 1. The molecule has 0 N–H and O–H groups in total. The molecule has 2 aromatic heterocycles. The molecule has 132 valence electrons. The summed E-state index contributed by atoms with van der Waals surface area (Å²) < 4.78 is 2.32. The lowest BCUT2D eigenvalue weighted by atomic mass is 10.2. The van der Waals surface area contributed by atoms with Crippen molar-refractivity contribution in [2.45, 2.75) is 26.4 Å². The van der Waals surface area contributed by atoms with Gasteiger partial charge in [0.25, 0.3) is 5.56 Å². The van der Waals surface area contributed by atoms with Gasteiger partial charge in [0.2, 0.25) is 5.91 Å². The number of carbonyl (C=O) groups is 1. The number of nitrogens with zero attached hydrogens (tertiary/aromatic N) is 4. The first-order chi connectivity index (χ1) is 11.8. The zero-order valence-corrected chi connectivity index (χ0v) is 14.8. The van der Waals surface area contributed by atoms with Crippen molar-refractivity contribution in [3.8, 4) is 0 Å². The molecule has 0 saturated carbocycles. The zero-order valence-electron chi connectivity index (χ0n) is 14.8. The molecule has 0 spiro atoms. The maximum Gasteiger partial charge on any atom is 0.330 e. The van der Waals surface area contributed by atoms with Gasteiger partial charge in [0.05, 0.1) is 5.56 Å². The summed E-state index contributed by atoms with van der Waals surface area (Å²) in [6, 6.07) is 3.71. The van der Waals surface area contributed by atoms with Crippen molar-refractivity contribution in [2.75, 3.05) is 0 Å². The molecule has 7 nitrogen and oxygen atoms in total. The van der Waals surface area contributed by atoms with Crippen LogP contribution in [0.2, 0.25) is 0 Å². The molecular formula is C18H22N4O3. The highest BCUT2D eigenvalue weighted by molar-refractivity contribution is 5.91. The molecule has 2 heterocycles. The van der Waals surface area contributed by atoms with E-state index in [-0.39, 0.29) is 17.5 Å². The monoisotopic (exact) mass is 342 g/mol. The number of amides is 1. The molecule has 2 rings (SSSR count). The third-order valence-corrected chi connectivity index (χ3v) is 3.86. The summed E-state index contributed by atoms with van der Waals surface area (Å²) in [6.07, 6.45) is 7.63. The molecule has 0 saturated heterocycles. The number of hydrogen-bond acceptors (Lipinski definition) is 4. The average molecular weight is 342 g/mol. The van der Waals surface area contributed by atoms with Crippen molar-refractivity contribution in [1.29, 1.82) is 0 Å². The Balaban J connectivity index is 2.26. The number of rotatable bonds is 5. The minimum atomic E-state index is -0.435. The lowest BCUT2D eigenvalue weighted by Gasteiger charge is -2.25.